The first-order valence-corrected chi connectivity index (χ1v) is 14.8. The maximum Gasteiger partial charge on any atom is 0.137 e. The van der Waals surface area contributed by atoms with Gasteiger partial charge in [0.2, 0.25) is 0 Å². The number of hydrogen-bond donors (Lipinski definition) is 0. The Morgan fingerprint density at radius 1 is 0.386 bits per heavy atom. The van der Waals surface area contributed by atoms with E-state index in [-0.39, 0.29) is 0 Å². The molecule has 0 radical (unpaired) electrons. The fraction of sp³-hybridized carbons (Fsp3) is 0. The number of hydrogen-bond acceptors (Lipinski definition) is 2. The van der Waals surface area contributed by atoms with Gasteiger partial charge < -0.3 is 4.57 Å². The molecule has 0 bridgehead atoms. The van der Waals surface area contributed by atoms with Crippen LogP contribution in [-0.2, 0) is 0 Å². The third kappa shape index (κ3) is 3.78. The second-order valence-corrected chi connectivity index (χ2v) is 11.1. The van der Waals surface area contributed by atoms with Crippen LogP contribution in [0.5, 0.6) is 0 Å². The highest BCUT2D eigenvalue weighted by molar-refractivity contribution is 6.12. The quantitative estimate of drug-likeness (QED) is 0.214. The van der Waals surface area contributed by atoms with E-state index in [1.807, 2.05) is 30.6 Å². The maximum atomic E-state index is 4.98. The minimum absolute atomic E-state index is 0.896. The van der Waals surface area contributed by atoms with E-state index < -0.39 is 0 Å². The van der Waals surface area contributed by atoms with Crippen LogP contribution in [-0.4, -0.2) is 19.1 Å². The lowest BCUT2D eigenvalue weighted by Crippen LogP contribution is -1.99. The van der Waals surface area contributed by atoms with E-state index in [4.69, 9.17) is 4.98 Å². The molecule has 4 aromatic heterocycles. The van der Waals surface area contributed by atoms with Crippen LogP contribution in [0, 0.1) is 0 Å². The molecule has 0 aliphatic carbocycles. The van der Waals surface area contributed by atoms with Crippen molar-refractivity contribution in [2.75, 3.05) is 0 Å². The van der Waals surface area contributed by atoms with Gasteiger partial charge in [-0.2, -0.15) is 0 Å². The van der Waals surface area contributed by atoms with E-state index in [0.717, 1.165) is 50.4 Å². The number of fused-ring (bicyclic) bond motifs is 6. The first-order chi connectivity index (χ1) is 21.8. The summed E-state index contributed by atoms with van der Waals surface area (Å²) in [5.41, 5.74) is 10.0. The third-order valence-corrected chi connectivity index (χ3v) is 8.63. The molecule has 0 N–H and O–H groups in total. The normalized spacial score (nSPS) is 11.6. The molecular weight excluding hydrogens is 536 g/mol. The van der Waals surface area contributed by atoms with E-state index in [2.05, 4.69) is 142 Å². The number of benzene rings is 5. The van der Waals surface area contributed by atoms with Crippen LogP contribution < -0.4 is 0 Å². The Hall–Kier alpha value is -6.00. The van der Waals surface area contributed by atoms with Crippen LogP contribution in [0.4, 0.5) is 0 Å². The van der Waals surface area contributed by atoms with E-state index in [0.29, 0.717) is 0 Å². The predicted octanol–water partition coefficient (Wildman–Crippen LogP) is 10.0. The van der Waals surface area contributed by atoms with Crippen molar-refractivity contribution in [1.29, 1.82) is 0 Å². The lowest BCUT2D eigenvalue weighted by Gasteiger charge is -2.12. The van der Waals surface area contributed by atoms with Crippen molar-refractivity contribution in [2.45, 2.75) is 0 Å². The smallest absolute Gasteiger partial charge is 0.137 e. The maximum absolute atomic E-state index is 4.98. The molecule has 9 rings (SSSR count). The summed E-state index contributed by atoms with van der Waals surface area (Å²) < 4.78 is 4.67. The van der Waals surface area contributed by atoms with Crippen molar-refractivity contribution in [3.8, 4) is 33.9 Å². The second kappa shape index (κ2) is 9.79. The van der Waals surface area contributed by atoms with Crippen molar-refractivity contribution >= 4 is 43.6 Å². The summed E-state index contributed by atoms with van der Waals surface area (Å²) in [6, 6.07) is 51.5. The monoisotopic (exact) mass is 562 g/mol. The highest BCUT2D eigenvalue weighted by atomic mass is 15.1. The van der Waals surface area contributed by atoms with Gasteiger partial charge >= 0.3 is 0 Å². The Morgan fingerprint density at radius 2 is 1.02 bits per heavy atom. The molecule has 0 amide bonds. The molecule has 4 heterocycles. The summed E-state index contributed by atoms with van der Waals surface area (Å²) in [6.07, 6.45) is 3.82. The first kappa shape index (κ1) is 24.6. The van der Waals surface area contributed by atoms with Gasteiger partial charge in [-0.3, -0.25) is 9.55 Å². The first-order valence-electron chi connectivity index (χ1n) is 14.8. The molecule has 0 spiro atoms. The summed E-state index contributed by atoms with van der Waals surface area (Å²) in [7, 11) is 0. The van der Waals surface area contributed by atoms with Gasteiger partial charge in [0.1, 0.15) is 5.82 Å². The molecule has 0 aliphatic rings. The molecule has 9 aromatic rings. The van der Waals surface area contributed by atoms with E-state index >= 15 is 0 Å². The molecule has 0 unspecified atom stereocenters. The Kier molecular flexibility index (Phi) is 5.47. The van der Waals surface area contributed by atoms with Gasteiger partial charge in [-0.05, 0) is 60.2 Å². The molecule has 206 valence electrons. The minimum atomic E-state index is 0.896. The molecule has 4 heteroatoms. The summed E-state index contributed by atoms with van der Waals surface area (Å²) in [5, 5.41) is 4.86. The topological polar surface area (TPSA) is 35.6 Å². The number of rotatable bonds is 4. The third-order valence-electron chi connectivity index (χ3n) is 8.63. The average Bonchev–Trinajstić information content (AvgIpc) is 3.61. The zero-order chi connectivity index (χ0) is 29.0. The van der Waals surface area contributed by atoms with Crippen molar-refractivity contribution in [2.24, 2.45) is 0 Å². The molecule has 4 nitrogen and oxygen atoms in total. The molecule has 0 saturated heterocycles. The molecule has 0 fully saturated rings. The minimum Gasteiger partial charge on any atom is -0.309 e. The fourth-order valence-electron chi connectivity index (χ4n) is 6.61. The average molecular weight is 563 g/mol. The zero-order valence-electron chi connectivity index (χ0n) is 23.8. The molecule has 5 aromatic carbocycles. The van der Waals surface area contributed by atoms with Crippen molar-refractivity contribution in [1.82, 2.24) is 19.1 Å². The van der Waals surface area contributed by atoms with Crippen molar-refractivity contribution in [3.05, 3.63) is 158 Å². The van der Waals surface area contributed by atoms with Crippen LogP contribution in [0.15, 0.2) is 158 Å². The largest absolute Gasteiger partial charge is 0.309 e. The summed E-state index contributed by atoms with van der Waals surface area (Å²) in [5.74, 6) is 0.896. The van der Waals surface area contributed by atoms with Gasteiger partial charge in [0, 0.05) is 50.8 Å². The van der Waals surface area contributed by atoms with Crippen LogP contribution in [0.1, 0.15) is 0 Å². The van der Waals surface area contributed by atoms with Gasteiger partial charge in [-0.1, -0.05) is 91.0 Å². The van der Waals surface area contributed by atoms with E-state index in [1.165, 1.54) is 27.1 Å². The van der Waals surface area contributed by atoms with Gasteiger partial charge in [0.25, 0.3) is 0 Å². The Balaban J connectivity index is 1.29. The number of pyridine rings is 2. The van der Waals surface area contributed by atoms with Gasteiger partial charge in [0.15, 0.2) is 0 Å². The van der Waals surface area contributed by atoms with Gasteiger partial charge in [-0.25, -0.2) is 4.98 Å². The lowest BCUT2D eigenvalue weighted by molar-refractivity contribution is 1.08. The number of para-hydroxylation sites is 2. The molecule has 44 heavy (non-hydrogen) atoms. The van der Waals surface area contributed by atoms with E-state index in [9.17, 15) is 0 Å². The highest BCUT2D eigenvalue weighted by Crippen LogP contribution is 2.37. The number of nitrogens with zero attached hydrogens (tertiary/aromatic N) is 4. The van der Waals surface area contributed by atoms with E-state index in [1.54, 1.807) is 0 Å². The fourth-order valence-corrected chi connectivity index (χ4v) is 6.61. The predicted molar refractivity (Wildman–Crippen MR) is 182 cm³/mol. The zero-order valence-corrected chi connectivity index (χ0v) is 23.8. The molecule has 0 atom stereocenters. The second-order valence-electron chi connectivity index (χ2n) is 11.1. The standard InChI is InChI=1S/C40H26N4/c1-2-10-27(11-3-1)29-18-22-40(42-26-29)44-37-16-7-5-13-32(37)34-21-19-30(25-39(34)44)43-36-15-6-4-12-31(36)33-20-17-28(24-38(33)43)35-14-8-9-23-41-35/h1-26H. The summed E-state index contributed by atoms with van der Waals surface area (Å²) >= 11 is 0. The SMILES string of the molecule is c1ccc(-c2ccc(-n3c4ccccc4c4ccc(-n5c6ccccc6c6ccc(-c7ccccn7)cc65)cc43)nc2)cc1. The van der Waals surface area contributed by atoms with Crippen molar-refractivity contribution < 1.29 is 0 Å². The Labute approximate surface area is 254 Å². The summed E-state index contributed by atoms with van der Waals surface area (Å²) in [6.45, 7) is 0. The number of aromatic nitrogens is 4. The molecule has 0 saturated carbocycles. The highest BCUT2D eigenvalue weighted by Gasteiger charge is 2.17. The van der Waals surface area contributed by atoms with Crippen LogP contribution in [0.3, 0.4) is 0 Å². The Morgan fingerprint density at radius 3 is 1.75 bits per heavy atom. The van der Waals surface area contributed by atoms with Gasteiger partial charge in [0.05, 0.1) is 27.8 Å². The molecular formula is C40H26N4. The van der Waals surface area contributed by atoms with Crippen LogP contribution in [0.2, 0.25) is 0 Å². The van der Waals surface area contributed by atoms with Crippen LogP contribution in [0.25, 0.3) is 77.5 Å². The van der Waals surface area contributed by atoms with Crippen molar-refractivity contribution in [3.63, 3.8) is 0 Å². The lowest BCUT2D eigenvalue weighted by atomic mass is 10.1. The summed E-state index contributed by atoms with van der Waals surface area (Å²) in [4.78, 5) is 9.61. The Bertz CT molecular complexity index is 2470. The van der Waals surface area contributed by atoms with Gasteiger partial charge in [-0.15, -0.1) is 0 Å². The van der Waals surface area contributed by atoms with Crippen LogP contribution >= 0.6 is 0 Å². The molecule has 0 aliphatic heterocycles.